The third-order valence-electron chi connectivity index (χ3n) is 6.74. The van der Waals surface area contributed by atoms with Gasteiger partial charge in [-0.3, -0.25) is 4.90 Å². The number of amides is 2. The van der Waals surface area contributed by atoms with Crippen LogP contribution in [0.25, 0.3) is 0 Å². The first-order valence-corrected chi connectivity index (χ1v) is 12.1. The summed E-state index contributed by atoms with van der Waals surface area (Å²) in [5, 5.41) is 7.30. The lowest BCUT2D eigenvalue weighted by atomic mass is 9.86. The number of anilines is 1. The average molecular weight is 440 g/mol. The van der Waals surface area contributed by atoms with Crippen molar-refractivity contribution < 1.29 is 9.32 Å². The van der Waals surface area contributed by atoms with E-state index in [0.29, 0.717) is 17.9 Å². The Bertz CT molecular complexity index is 868. The maximum absolute atomic E-state index is 13.1. The molecule has 1 aromatic heterocycles. The largest absolute Gasteiger partial charge is 0.339 e. The predicted octanol–water partition coefficient (Wildman–Crippen LogP) is 5.06. The molecular weight excluding hydrogens is 402 g/mol. The Kier molecular flexibility index (Phi) is 7.13. The minimum atomic E-state index is -0.123. The molecule has 0 bridgehead atoms. The van der Waals surface area contributed by atoms with Crippen LogP contribution in [0.15, 0.2) is 34.9 Å². The first kappa shape index (κ1) is 22.8. The van der Waals surface area contributed by atoms with Crippen molar-refractivity contribution in [3.8, 4) is 0 Å². The van der Waals surface area contributed by atoms with Gasteiger partial charge in [0.2, 0.25) is 5.89 Å². The van der Waals surface area contributed by atoms with Crippen molar-refractivity contribution in [3.05, 3.63) is 42.0 Å². The normalized spacial score (nSPS) is 21.3. The maximum atomic E-state index is 13.1. The molecule has 2 amide bonds. The molecular formula is C25H37N5O2. The van der Waals surface area contributed by atoms with Gasteiger partial charge in [-0.2, -0.15) is 4.98 Å². The summed E-state index contributed by atoms with van der Waals surface area (Å²) in [6.07, 6.45) is 6.81. The zero-order valence-electron chi connectivity index (χ0n) is 19.7. The van der Waals surface area contributed by atoms with Gasteiger partial charge in [-0.15, -0.1) is 0 Å². The second-order valence-electron chi connectivity index (χ2n) is 10.3. The van der Waals surface area contributed by atoms with Crippen LogP contribution < -0.4 is 5.32 Å². The molecule has 4 rings (SSSR count). The van der Waals surface area contributed by atoms with Crippen molar-refractivity contribution in [1.29, 1.82) is 0 Å². The molecule has 2 aromatic rings. The van der Waals surface area contributed by atoms with Crippen LogP contribution in [0.4, 0.5) is 10.5 Å². The predicted molar refractivity (Wildman–Crippen MR) is 125 cm³/mol. The van der Waals surface area contributed by atoms with Crippen LogP contribution in [0, 0.1) is 5.92 Å². The number of nitrogens with zero attached hydrogens (tertiary/aromatic N) is 4. The van der Waals surface area contributed by atoms with E-state index < -0.39 is 0 Å². The molecule has 0 unspecified atom stereocenters. The Morgan fingerprint density at radius 1 is 1.06 bits per heavy atom. The summed E-state index contributed by atoms with van der Waals surface area (Å²) in [5.74, 6) is 2.01. The van der Waals surface area contributed by atoms with Crippen LogP contribution in [0.3, 0.4) is 0 Å². The van der Waals surface area contributed by atoms with E-state index in [2.05, 4.69) is 46.0 Å². The van der Waals surface area contributed by atoms with E-state index in [9.17, 15) is 4.79 Å². The Labute approximate surface area is 191 Å². The van der Waals surface area contributed by atoms with Crippen molar-refractivity contribution in [3.63, 3.8) is 0 Å². The average Bonchev–Trinajstić information content (AvgIpc) is 3.11. The lowest BCUT2D eigenvalue weighted by Gasteiger charge is -2.40. The molecule has 2 saturated heterocycles. The summed E-state index contributed by atoms with van der Waals surface area (Å²) in [6, 6.07) is 10.2. The Balaban J connectivity index is 1.35. The number of urea groups is 1. The Morgan fingerprint density at radius 3 is 2.50 bits per heavy atom. The van der Waals surface area contributed by atoms with Gasteiger partial charge in [-0.25, -0.2) is 4.79 Å². The molecule has 1 N–H and O–H groups in total. The van der Waals surface area contributed by atoms with Crippen LogP contribution in [0.1, 0.15) is 71.0 Å². The molecule has 0 radical (unpaired) electrons. The van der Waals surface area contributed by atoms with Crippen LogP contribution in [-0.4, -0.2) is 51.6 Å². The molecule has 174 valence electrons. The first-order valence-electron chi connectivity index (χ1n) is 12.1. The third kappa shape index (κ3) is 5.68. The van der Waals surface area contributed by atoms with Crippen molar-refractivity contribution in [2.75, 3.05) is 25.0 Å². The Hall–Kier alpha value is -2.41. The van der Waals surface area contributed by atoms with Gasteiger partial charge in [0, 0.05) is 23.7 Å². The van der Waals surface area contributed by atoms with E-state index in [0.717, 1.165) is 63.4 Å². The highest BCUT2D eigenvalue weighted by Crippen LogP contribution is 2.31. The van der Waals surface area contributed by atoms with Crippen LogP contribution in [0.5, 0.6) is 0 Å². The van der Waals surface area contributed by atoms with Crippen molar-refractivity contribution in [2.24, 2.45) is 5.92 Å². The number of benzene rings is 1. The number of rotatable bonds is 4. The molecule has 1 atom stereocenters. The standard InChI is InChI=1S/C25H37N5O2/c1-25(2,3)23-27-22(28-32-23)18-29-16-13-19(14-17-29)21-12-8-5-9-15-30(21)24(31)26-20-10-6-4-7-11-20/h4,6-7,10-11,19,21H,5,8-9,12-18H2,1-3H3,(H,26,31)/t21-/m0/s1. The van der Waals surface area contributed by atoms with Crippen LogP contribution in [-0.2, 0) is 12.0 Å². The van der Waals surface area contributed by atoms with E-state index in [1.54, 1.807) is 0 Å². The first-order chi connectivity index (χ1) is 15.4. The van der Waals surface area contributed by atoms with Gasteiger partial charge in [-0.1, -0.05) is 57.0 Å². The summed E-state index contributed by atoms with van der Waals surface area (Å²) >= 11 is 0. The number of para-hydroxylation sites is 1. The molecule has 32 heavy (non-hydrogen) atoms. The molecule has 2 fully saturated rings. The highest BCUT2D eigenvalue weighted by atomic mass is 16.5. The second-order valence-corrected chi connectivity index (χ2v) is 10.3. The summed E-state index contributed by atoms with van der Waals surface area (Å²) in [6.45, 7) is 9.85. The van der Waals surface area contributed by atoms with Crippen LogP contribution >= 0.6 is 0 Å². The number of nitrogens with one attached hydrogen (secondary N) is 1. The number of piperidine rings is 1. The summed E-state index contributed by atoms with van der Waals surface area (Å²) < 4.78 is 5.45. The number of hydrogen-bond acceptors (Lipinski definition) is 5. The SMILES string of the molecule is CC(C)(C)c1nc(CN2CCC([C@@H]3CCCCCN3C(=O)Nc3ccccc3)CC2)no1. The van der Waals surface area contributed by atoms with Gasteiger partial charge >= 0.3 is 6.03 Å². The van der Waals surface area contributed by atoms with Gasteiger partial charge in [-0.05, 0) is 56.8 Å². The zero-order valence-corrected chi connectivity index (χ0v) is 19.7. The summed E-state index contributed by atoms with van der Waals surface area (Å²) in [7, 11) is 0. The fourth-order valence-electron chi connectivity index (χ4n) is 4.91. The molecule has 2 aliphatic rings. The smallest absolute Gasteiger partial charge is 0.322 e. The van der Waals surface area contributed by atoms with E-state index in [1.807, 2.05) is 30.3 Å². The molecule has 7 nitrogen and oxygen atoms in total. The van der Waals surface area contributed by atoms with E-state index in [1.165, 1.54) is 12.8 Å². The highest BCUT2D eigenvalue weighted by Gasteiger charge is 2.34. The molecule has 3 heterocycles. The minimum Gasteiger partial charge on any atom is -0.339 e. The van der Waals surface area contributed by atoms with E-state index >= 15 is 0 Å². The van der Waals surface area contributed by atoms with Crippen molar-refractivity contribution >= 4 is 11.7 Å². The molecule has 1 aromatic carbocycles. The molecule has 0 aliphatic carbocycles. The summed E-state index contributed by atoms with van der Waals surface area (Å²) in [4.78, 5) is 22.3. The van der Waals surface area contributed by atoms with Gasteiger partial charge in [0.25, 0.3) is 0 Å². The maximum Gasteiger partial charge on any atom is 0.322 e. The number of likely N-dealkylation sites (tertiary alicyclic amines) is 2. The fraction of sp³-hybridized carbons (Fsp3) is 0.640. The molecule has 2 aliphatic heterocycles. The molecule has 0 spiro atoms. The lowest BCUT2D eigenvalue weighted by molar-refractivity contribution is 0.101. The highest BCUT2D eigenvalue weighted by molar-refractivity contribution is 5.89. The van der Waals surface area contributed by atoms with Gasteiger partial charge in [0.05, 0.1) is 6.54 Å². The van der Waals surface area contributed by atoms with Gasteiger partial charge < -0.3 is 14.7 Å². The minimum absolute atomic E-state index is 0.0482. The van der Waals surface area contributed by atoms with Crippen molar-refractivity contribution in [2.45, 2.75) is 77.3 Å². The van der Waals surface area contributed by atoms with Crippen molar-refractivity contribution in [1.82, 2.24) is 19.9 Å². The number of aromatic nitrogens is 2. The number of hydrogen-bond donors (Lipinski definition) is 1. The lowest BCUT2D eigenvalue weighted by Crippen LogP contribution is -2.49. The van der Waals surface area contributed by atoms with E-state index in [-0.39, 0.29) is 11.4 Å². The summed E-state index contributed by atoms with van der Waals surface area (Å²) in [5.41, 5.74) is 0.742. The topological polar surface area (TPSA) is 74.5 Å². The van der Waals surface area contributed by atoms with Gasteiger partial charge in [0.15, 0.2) is 5.82 Å². The monoisotopic (exact) mass is 439 g/mol. The second kappa shape index (κ2) is 10.0. The number of carbonyl (C=O) groups is 1. The third-order valence-corrected chi connectivity index (χ3v) is 6.74. The fourth-order valence-corrected chi connectivity index (χ4v) is 4.91. The quantitative estimate of drug-likeness (QED) is 0.721. The van der Waals surface area contributed by atoms with Gasteiger partial charge in [0.1, 0.15) is 0 Å². The number of carbonyl (C=O) groups excluding carboxylic acids is 1. The van der Waals surface area contributed by atoms with E-state index in [4.69, 9.17) is 4.52 Å². The van der Waals surface area contributed by atoms with Crippen LogP contribution in [0.2, 0.25) is 0 Å². The zero-order chi connectivity index (χ0) is 22.6. The Morgan fingerprint density at radius 2 is 1.81 bits per heavy atom. The molecule has 0 saturated carbocycles. The molecule has 7 heteroatoms.